The van der Waals surface area contributed by atoms with E-state index in [9.17, 15) is 9.90 Å². The smallest absolute Gasteiger partial charge is 0.308 e. The Labute approximate surface area is 146 Å². The topological polar surface area (TPSA) is 46.5 Å². The first kappa shape index (κ1) is 19.0. The zero-order valence-electron chi connectivity index (χ0n) is 15.2. The van der Waals surface area contributed by atoms with Crippen molar-refractivity contribution in [3.05, 3.63) is 35.4 Å². The van der Waals surface area contributed by atoms with Crippen molar-refractivity contribution >= 4 is 5.97 Å². The molecule has 0 unspecified atom stereocenters. The maximum Gasteiger partial charge on any atom is 0.308 e. The lowest BCUT2D eigenvalue weighted by molar-refractivity contribution is -0.152. The average molecular weight is 332 g/mol. The standard InChI is InChI=1S/C21H32O3/c1-3-4-5-6-7-16-24-20(22)18-12-14-21(23,15-13-18)19-10-8-17(2)9-11-19/h8-11,18,23H,3-7,12-16H2,1-2H3. The van der Waals surface area contributed by atoms with Crippen LogP contribution in [-0.2, 0) is 15.1 Å². The Bertz CT molecular complexity index is 498. The molecule has 2 rings (SSSR count). The third-order valence-corrected chi connectivity index (χ3v) is 5.23. The second kappa shape index (κ2) is 9.22. The minimum atomic E-state index is -0.787. The van der Waals surface area contributed by atoms with Crippen LogP contribution in [0.25, 0.3) is 0 Å². The van der Waals surface area contributed by atoms with Gasteiger partial charge in [-0.1, -0.05) is 62.4 Å². The van der Waals surface area contributed by atoms with Gasteiger partial charge in [0.1, 0.15) is 0 Å². The van der Waals surface area contributed by atoms with Gasteiger partial charge in [-0.25, -0.2) is 0 Å². The van der Waals surface area contributed by atoms with Gasteiger partial charge in [0.2, 0.25) is 0 Å². The highest BCUT2D eigenvalue weighted by Gasteiger charge is 2.37. The Morgan fingerprint density at radius 1 is 1.12 bits per heavy atom. The van der Waals surface area contributed by atoms with E-state index in [0.29, 0.717) is 32.3 Å². The van der Waals surface area contributed by atoms with Crippen LogP contribution in [-0.4, -0.2) is 17.7 Å². The molecule has 1 aromatic carbocycles. The molecule has 1 fully saturated rings. The Morgan fingerprint density at radius 3 is 2.38 bits per heavy atom. The van der Waals surface area contributed by atoms with E-state index in [1.165, 1.54) is 24.8 Å². The second-order valence-corrected chi connectivity index (χ2v) is 7.25. The Kier molecular flexibility index (Phi) is 7.29. The largest absolute Gasteiger partial charge is 0.465 e. The number of aryl methyl sites for hydroxylation is 1. The van der Waals surface area contributed by atoms with Crippen molar-refractivity contribution in [3.63, 3.8) is 0 Å². The van der Waals surface area contributed by atoms with Crippen LogP contribution in [0, 0.1) is 12.8 Å². The Balaban J connectivity index is 1.73. The molecule has 0 amide bonds. The first-order chi connectivity index (χ1) is 11.5. The Morgan fingerprint density at radius 2 is 1.75 bits per heavy atom. The van der Waals surface area contributed by atoms with Gasteiger partial charge in [-0.2, -0.15) is 0 Å². The summed E-state index contributed by atoms with van der Waals surface area (Å²) in [7, 11) is 0. The number of carbonyl (C=O) groups is 1. The second-order valence-electron chi connectivity index (χ2n) is 7.25. The fraction of sp³-hybridized carbons (Fsp3) is 0.667. The summed E-state index contributed by atoms with van der Waals surface area (Å²) in [5, 5.41) is 10.9. The van der Waals surface area contributed by atoms with Crippen LogP contribution in [0.2, 0.25) is 0 Å². The molecule has 1 aliphatic carbocycles. The third kappa shape index (κ3) is 5.34. The predicted molar refractivity (Wildman–Crippen MR) is 96.8 cm³/mol. The van der Waals surface area contributed by atoms with E-state index in [4.69, 9.17) is 4.74 Å². The molecule has 0 bridgehead atoms. The highest BCUT2D eigenvalue weighted by atomic mass is 16.5. The third-order valence-electron chi connectivity index (χ3n) is 5.23. The maximum atomic E-state index is 12.2. The molecule has 1 aromatic rings. The van der Waals surface area contributed by atoms with Gasteiger partial charge in [0.25, 0.3) is 0 Å². The molecule has 0 atom stereocenters. The van der Waals surface area contributed by atoms with Gasteiger partial charge < -0.3 is 9.84 Å². The van der Waals surface area contributed by atoms with Gasteiger partial charge in [0.05, 0.1) is 18.1 Å². The van der Waals surface area contributed by atoms with Crippen LogP contribution in [0.15, 0.2) is 24.3 Å². The number of unbranched alkanes of at least 4 members (excludes halogenated alkanes) is 4. The van der Waals surface area contributed by atoms with E-state index in [0.717, 1.165) is 18.4 Å². The molecular weight excluding hydrogens is 300 g/mol. The number of hydrogen-bond acceptors (Lipinski definition) is 3. The lowest BCUT2D eigenvalue weighted by atomic mass is 9.75. The van der Waals surface area contributed by atoms with Crippen LogP contribution in [0.1, 0.15) is 75.8 Å². The van der Waals surface area contributed by atoms with E-state index in [2.05, 4.69) is 6.92 Å². The predicted octanol–water partition coefficient (Wildman–Crippen LogP) is 4.89. The summed E-state index contributed by atoms with van der Waals surface area (Å²) in [4.78, 5) is 12.2. The summed E-state index contributed by atoms with van der Waals surface area (Å²) in [5.74, 6) is -0.122. The number of esters is 1. The molecule has 0 aliphatic heterocycles. The van der Waals surface area contributed by atoms with E-state index in [-0.39, 0.29) is 11.9 Å². The lowest BCUT2D eigenvalue weighted by Crippen LogP contribution is -2.34. The first-order valence-electron chi connectivity index (χ1n) is 9.51. The molecule has 0 heterocycles. The molecule has 0 spiro atoms. The summed E-state index contributed by atoms with van der Waals surface area (Å²) in [5.41, 5.74) is 1.37. The number of benzene rings is 1. The summed E-state index contributed by atoms with van der Waals surface area (Å²) in [6.07, 6.45) is 8.49. The maximum absolute atomic E-state index is 12.2. The van der Waals surface area contributed by atoms with Crippen molar-refractivity contribution in [2.45, 2.75) is 77.2 Å². The van der Waals surface area contributed by atoms with Crippen LogP contribution in [0.3, 0.4) is 0 Å². The first-order valence-corrected chi connectivity index (χ1v) is 9.51. The number of aliphatic hydroxyl groups is 1. The van der Waals surface area contributed by atoms with Gasteiger partial charge in [0.15, 0.2) is 0 Å². The van der Waals surface area contributed by atoms with Gasteiger partial charge in [-0.15, -0.1) is 0 Å². The monoisotopic (exact) mass is 332 g/mol. The molecular formula is C21H32O3. The molecule has 134 valence electrons. The van der Waals surface area contributed by atoms with Gasteiger partial charge in [-0.3, -0.25) is 4.79 Å². The van der Waals surface area contributed by atoms with E-state index in [1.54, 1.807) is 0 Å². The number of hydrogen-bond donors (Lipinski definition) is 1. The summed E-state index contributed by atoms with van der Waals surface area (Å²) >= 11 is 0. The lowest BCUT2D eigenvalue weighted by Gasteiger charge is -2.35. The highest BCUT2D eigenvalue weighted by Crippen LogP contribution is 2.39. The highest BCUT2D eigenvalue weighted by molar-refractivity contribution is 5.72. The molecule has 1 saturated carbocycles. The van der Waals surface area contributed by atoms with Crippen molar-refractivity contribution in [1.82, 2.24) is 0 Å². The van der Waals surface area contributed by atoms with E-state index in [1.807, 2.05) is 31.2 Å². The van der Waals surface area contributed by atoms with Gasteiger partial charge in [0, 0.05) is 0 Å². The quantitative estimate of drug-likeness (QED) is 0.545. The van der Waals surface area contributed by atoms with Gasteiger partial charge >= 0.3 is 5.97 Å². The van der Waals surface area contributed by atoms with Crippen LogP contribution in [0.5, 0.6) is 0 Å². The van der Waals surface area contributed by atoms with Crippen LogP contribution >= 0.6 is 0 Å². The normalized spacial score (nSPS) is 23.9. The number of ether oxygens (including phenoxy) is 1. The van der Waals surface area contributed by atoms with Crippen LogP contribution < -0.4 is 0 Å². The summed E-state index contributed by atoms with van der Waals surface area (Å²) < 4.78 is 5.43. The summed E-state index contributed by atoms with van der Waals surface area (Å²) in [6, 6.07) is 8.08. The molecule has 1 N–H and O–H groups in total. The minimum Gasteiger partial charge on any atom is -0.465 e. The van der Waals surface area contributed by atoms with Gasteiger partial charge in [-0.05, 0) is 44.6 Å². The van der Waals surface area contributed by atoms with Crippen molar-refractivity contribution in [3.8, 4) is 0 Å². The summed E-state index contributed by atoms with van der Waals surface area (Å²) in [6.45, 7) is 4.78. The van der Waals surface area contributed by atoms with E-state index < -0.39 is 5.60 Å². The SMILES string of the molecule is CCCCCCCOC(=O)C1CCC(O)(c2ccc(C)cc2)CC1. The van der Waals surface area contributed by atoms with Crippen molar-refractivity contribution in [2.24, 2.45) is 5.92 Å². The van der Waals surface area contributed by atoms with Crippen molar-refractivity contribution < 1.29 is 14.6 Å². The molecule has 1 aliphatic rings. The molecule has 0 radical (unpaired) electrons. The zero-order valence-corrected chi connectivity index (χ0v) is 15.2. The molecule has 0 saturated heterocycles. The number of carbonyl (C=O) groups excluding carboxylic acids is 1. The average Bonchev–Trinajstić information content (AvgIpc) is 2.59. The van der Waals surface area contributed by atoms with E-state index >= 15 is 0 Å². The van der Waals surface area contributed by atoms with Crippen molar-refractivity contribution in [2.75, 3.05) is 6.61 Å². The molecule has 24 heavy (non-hydrogen) atoms. The molecule has 0 aromatic heterocycles. The fourth-order valence-corrected chi connectivity index (χ4v) is 3.48. The fourth-order valence-electron chi connectivity index (χ4n) is 3.48. The van der Waals surface area contributed by atoms with Crippen molar-refractivity contribution in [1.29, 1.82) is 0 Å². The zero-order chi connectivity index (χ0) is 17.4. The Hall–Kier alpha value is -1.35. The van der Waals surface area contributed by atoms with Crippen LogP contribution in [0.4, 0.5) is 0 Å². The molecule has 3 heteroatoms. The minimum absolute atomic E-state index is 0.0497. The molecule has 3 nitrogen and oxygen atoms in total. The number of rotatable bonds is 8.